The zero-order chi connectivity index (χ0) is 13.9. The minimum atomic E-state index is -3.35. The lowest BCUT2D eigenvalue weighted by molar-refractivity contribution is 0.595. The fraction of sp³-hybridized carbons (Fsp3) is 0.143. The van der Waals surface area contributed by atoms with Gasteiger partial charge in [0.15, 0.2) is 9.84 Å². The molecule has 2 rings (SSSR count). The molecular weight excluding hydrogens is 282 g/mol. The molecule has 0 aliphatic carbocycles. The Morgan fingerprint density at radius 1 is 1.00 bits per heavy atom. The summed E-state index contributed by atoms with van der Waals surface area (Å²) in [6, 6.07) is 13.5. The van der Waals surface area contributed by atoms with Gasteiger partial charge in [0.1, 0.15) is 0 Å². The van der Waals surface area contributed by atoms with E-state index in [1.807, 2.05) is 18.2 Å². The quantitative estimate of drug-likeness (QED) is 0.943. The van der Waals surface area contributed by atoms with Gasteiger partial charge in [0.05, 0.1) is 10.6 Å². The molecule has 0 aromatic heterocycles. The maximum absolute atomic E-state index is 12.2. The Hall–Kier alpha value is -1.36. The molecule has 0 bridgehead atoms. The fourth-order valence-corrected chi connectivity index (χ4v) is 3.25. The van der Waals surface area contributed by atoms with Gasteiger partial charge >= 0.3 is 0 Å². The summed E-state index contributed by atoms with van der Waals surface area (Å²) >= 11 is 5.75. The van der Waals surface area contributed by atoms with Gasteiger partial charge in [0, 0.05) is 11.6 Å². The molecule has 2 aromatic carbocycles. The summed E-state index contributed by atoms with van der Waals surface area (Å²) in [5, 5.41) is 0.518. The van der Waals surface area contributed by atoms with Crippen LogP contribution in [0.15, 0.2) is 53.4 Å². The van der Waals surface area contributed by atoms with E-state index in [1.165, 1.54) is 12.1 Å². The minimum absolute atomic E-state index is 0.0392. The normalized spacial score (nSPS) is 11.5. The second-order valence-electron chi connectivity index (χ2n) is 4.24. The molecule has 3 nitrogen and oxygen atoms in total. The smallest absolute Gasteiger partial charge is 0.182 e. The van der Waals surface area contributed by atoms with Crippen LogP contribution in [-0.4, -0.2) is 8.42 Å². The first-order chi connectivity index (χ1) is 9.01. The van der Waals surface area contributed by atoms with Crippen molar-refractivity contribution in [2.45, 2.75) is 17.2 Å². The fourth-order valence-electron chi connectivity index (χ4n) is 1.79. The van der Waals surface area contributed by atoms with Crippen molar-refractivity contribution < 1.29 is 8.42 Å². The van der Waals surface area contributed by atoms with E-state index in [2.05, 4.69) is 0 Å². The molecule has 0 atom stereocenters. The van der Waals surface area contributed by atoms with Crippen molar-refractivity contribution >= 4 is 21.4 Å². The summed E-state index contributed by atoms with van der Waals surface area (Å²) in [5.41, 5.74) is 7.20. The van der Waals surface area contributed by atoms with Crippen molar-refractivity contribution in [3.05, 3.63) is 64.7 Å². The average molecular weight is 296 g/mol. The highest BCUT2D eigenvalue weighted by molar-refractivity contribution is 7.90. The highest BCUT2D eigenvalue weighted by Gasteiger charge is 2.15. The summed E-state index contributed by atoms with van der Waals surface area (Å²) in [6.07, 6.45) is 0. The van der Waals surface area contributed by atoms with E-state index < -0.39 is 9.84 Å². The average Bonchev–Trinajstić information content (AvgIpc) is 2.39. The molecule has 0 spiro atoms. The van der Waals surface area contributed by atoms with E-state index in [0.29, 0.717) is 11.6 Å². The van der Waals surface area contributed by atoms with Gasteiger partial charge in [-0.15, -0.1) is 0 Å². The van der Waals surface area contributed by atoms with Crippen LogP contribution in [0.1, 0.15) is 11.1 Å². The van der Waals surface area contributed by atoms with Crippen LogP contribution in [0.4, 0.5) is 0 Å². The third-order valence-electron chi connectivity index (χ3n) is 2.76. The van der Waals surface area contributed by atoms with Crippen LogP contribution >= 0.6 is 11.6 Å². The molecule has 19 heavy (non-hydrogen) atoms. The molecule has 0 heterocycles. The molecule has 0 aliphatic heterocycles. The van der Waals surface area contributed by atoms with Crippen LogP contribution in [0.3, 0.4) is 0 Å². The monoisotopic (exact) mass is 295 g/mol. The number of benzene rings is 2. The molecular formula is C14H14ClNO2S. The van der Waals surface area contributed by atoms with E-state index in [-0.39, 0.29) is 10.6 Å². The number of halogens is 1. The molecule has 0 aliphatic rings. The maximum Gasteiger partial charge on any atom is 0.182 e. The van der Waals surface area contributed by atoms with Crippen LogP contribution in [-0.2, 0) is 22.1 Å². The van der Waals surface area contributed by atoms with Crippen molar-refractivity contribution in [1.82, 2.24) is 0 Å². The summed E-state index contributed by atoms with van der Waals surface area (Å²) in [6.45, 7) is 0.398. The molecule has 0 fully saturated rings. The van der Waals surface area contributed by atoms with Gasteiger partial charge in [-0.2, -0.15) is 0 Å². The third-order valence-corrected chi connectivity index (χ3v) is 4.71. The Morgan fingerprint density at radius 3 is 2.26 bits per heavy atom. The number of rotatable bonds is 4. The number of nitrogens with two attached hydrogens (primary N) is 1. The van der Waals surface area contributed by atoms with E-state index in [1.54, 1.807) is 18.2 Å². The van der Waals surface area contributed by atoms with Gasteiger partial charge in [-0.1, -0.05) is 35.9 Å². The van der Waals surface area contributed by atoms with Crippen LogP contribution in [0.2, 0.25) is 5.02 Å². The molecule has 2 N–H and O–H groups in total. The van der Waals surface area contributed by atoms with Gasteiger partial charge in [-0.3, -0.25) is 0 Å². The SMILES string of the molecule is NCc1cccc(CS(=O)(=O)c2ccc(Cl)cc2)c1. The van der Waals surface area contributed by atoms with E-state index in [0.717, 1.165) is 11.1 Å². The molecule has 100 valence electrons. The summed E-state index contributed by atoms with van der Waals surface area (Å²) < 4.78 is 24.5. The molecule has 0 unspecified atom stereocenters. The second-order valence-corrected chi connectivity index (χ2v) is 6.66. The van der Waals surface area contributed by atoms with Crippen molar-refractivity contribution in [2.24, 2.45) is 5.73 Å². The van der Waals surface area contributed by atoms with Gasteiger partial charge in [-0.05, 0) is 35.4 Å². The minimum Gasteiger partial charge on any atom is -0.326 e. The van der Waals surface area contributed by atoms with E-state index >= 15 is 0 Å². The topological polar surface area (TPSA) is 60.2 Å². The molecule has 5 heteroatoms. The maximum atomic E-state index is 12.2. The van der Waals surface area contributed by atoms with E-state index in [4.69, 9.17) is 17.3 Å². The third kappa shape index (κ3) is 3.56. The van der Waals surface area contributed by atoms with Crippen LogP contribution in [0.25, 0.3) is 0 Å². The van der Waals surface area contributed by atoms with Gasteiger partial charge in [-0.25, -0.2) is 8.42 Å². The summed E-state index contributed by atoms with van der Waals surface area (Å²) in [5.74, 6) is -0.0392. The second kappa shape index (κ2) is 5.74. The predicted molar refractivity (Wildman–Crippen MR) is 76.7 cm³/mol. The van der Waals surface area contributed by atoms with Crippen LogP contribution in [0, 0.1) is 0 Å². The van der Waals surface area contributed by atoms with Crippen molar-refractivity contribution in [1.29, 1.82) is 0 Å². The van der Waals surface area contributed by atoms with Crippen LogP contribution < -0.4 is 5.73 Å². The highest BCUT2D eigenvalue weighted by Crippen LogP contribution is 2.19. The molecule has 0 saturated carbocycles. The van der Waals surface area contributed by atoms with Gasteiger partial charge < -0.3 is 5.73 Å². The zero-order valence-corrected chi connectivity index (χ0v) is 11.8. The summed E-state index contributed by atoms with van der Waals surface area (Å²) in [7, 11) is -3.35. The van der Waals surface area contributed by atoms with Crippen LogP contribution in [0.5, 0.6) is 0 Å². The Morgan fingerprint density at radius 2 is 1.63 bits per heavy atom. The van der Waals surface area contributed by atoms with Gasteiger partial charge in [0.2, 0.25) is 0 Å². The lowest BCUT2D eigenvalue weighted by Crippen LogP contribution is -2.06. The van der Waals surface area contributed by atoms with E-state index in [9.17, 15) is 8.42 Å². The zero-order valence-electron chi connectivity index (χ0n) is 10.2. The van der Waals surface area contributed by atoms with Gasteiger partial charge in [0.25, 0.3) is 0 Å². The predicted octanol–water partition coefficient (Wildman–Crippen LogP) is 2.77. The first-order valence-corrected chi connectivity index (χ1v) is 7.80. The molecule has 0 amide bonds. The Kier molecular flexibility index (Phi) is 4.24. The lowest BCUT2D eigenvalue weighted by atomic mass is 10.1. The lowest BCUT2D eigenvalue weighted by Gasteiger charge is -2.06. The largest absolute Gasteiger partial charge is 0.326 e. The summed E-state index contributed by atoms with van der Waals surface area (Å²) in [4.78, 5) is 0.273. The first kappa shape index (κ1) is 14.1. The Balaban J connectivity index is 2.28. The Bertz CT molecular complexity index is 666. The first-order valence-electron chi connectivity index (χ1n) is 5.77. The van der Waals surface area contributed by atoms with Crippen molar-refractivity contribution in [3.63, 3.8) is 0 Å². The number of sulfone groups is 1. The molecule has 0 saturated heterocycles. The number of hydrogen-bond donors (Lipinski definition) is 1. The molecule has 2 aromatic rings. The Labute approximate surface area is 117 Å². The molecule has 0 radical (unpaired) electrons. The number of hydrogen-bond acceptors (Lipinski definition) is 3. The standard InChI is InChI=1S/C14H14ClNO2S/c15-13-4-6-14(7-5-13)19(17,18)10-12-3-1-2-11(8-12)9-16/h1-8H,9-10,16H2. The highest BCUT2D eigenvalue weighted by atomic mass is 35.5. The van der Waals surface area contributed by atoms with Crippen molar-refractivity contribution in [2.75, 3.05) is 0 Å². The van der Waals surface area contributed by atoms with Crippen molar-refractivity contribution in [3.8, 4) is 0 Å².